The Morgan fingerprint density at radius 2 is 1.96 bits per heavy atom. The van der Waals surface area contributed by atoms with Crippen LogP contribution < -0.4 is 5.32 Å². The molecule has 3 rings (SSSR count). The highest BCUT2D eigenvalue weighted by atomic mass is 35.5. The number of carbonyl (C=O) groups is 1. The van der Waals surface area contributed by atoms with E-state index in [1.54, 1.807) is 12.1 Å². The predicted molar refractivity (Wildman–Crippen MR) is 110 cm³/mol. The van der Waals surface area contributed by atoms with Gasteiger partial charge in [-0.05, 0) is 63.2 Å². The zero-order valence-corrected chi connectivity index (χ0v) is 17.1. The van der Waals surface area contributed by atoms with Crippen LogP contribution in [-0.2, 0) is 4.79 Å². The molecule has 28 heavy (non-hydrogen) atoms. The first-order valence-corrected chi connectivity index (χ1v) is 9.38. The number of hydrogen-bond acceptors (Lipinski definition) is 5. The lowest BCUT2D eigenvalue weighted by molar-refractivity contribution is -0.117. The molecule has 0 spiro atoms. The van der Waals surface area contributed by atoms with Gasteiger partial charge in [0.25, 0.3) is 0 Å². The molecule has 1 amide bonds. The molecule has 1 atom stereocenters. The second-order valence-corrected chi connectivity index (χ2v) is 7.28. The monoisotopic (exact) mass is 398 g/mol. The van der Waals surface area contributed by atoms with Crippen LogP contribution in [0.4, 0.5) is 5.69 Å². The Morgan fingerprint density at radius 3 is 2.71 bits per heavy atom. The van der Waals surface area contributed by atoms with E-state index in [9.17, 15) is 4.79 Å². The first kappa shape index (κ1) is 20.0. The van der Waals surface area contributed by atoms with Gasteiger partial charge in [0.2, 0.25) is 17.7 Å². The molecule has 0 aliphatic heterocycles. The van der Waals surface area contributed by atoms with Gasteiger partial charge in [0.15, 0.2) is 0 Å². The molecular formula is C21H23ClN4O2. The van der Waals surface area contributed by atoms with Crippen molar-refractivity contribution in [3.63, 3.8) is 0 Å². The van der Waals surface area contributed by atoms with Gasteiger partial charge >= 0.3 is 0 Å². The van der Waals surface area contributed by atoms with Gasteiger partial charge in [-0.2, -0.15) is 0 Å². The van der Waals surface area contributed by atoms with Crippen molar-refractivity contribution in [2.75, 3.05) is 18.9 Å². The molecule has 0 saturated carbocycles. The normalized spacial score (nSPS) is 12.2. The third-order valence-electron chi connectivity index (χ3n) is 4.80. The van der Waals surface area contributed by atoms with Crippen molar-refractivity contribution in [3.8, 4) is 11.5 Å². The van der Waals surface area contributed by atoms with Crippen LogP contribution in [-0.4, -0.2) is 34.6 Å². The minimum Gasteiger partial charge on any atom is -0.419 e. The fraction of sp³-hybridized carbons (Fsp3) is 0.286. The van der Waals surface area contributed by atoms with E-state index in [4.69, 9.17) is 16.0 Å². The third kappa shape index (κ3) is 4.58. The summed E-state index contributed by atoms with van der Waals surface area (Å²) in [4.78, 5) is 14.3. The summed E-state index contributed by atoms with van der Waals surface area (Å²) in [7, 11) is 1.84. The Bertz CT molecular complexity index is 986. The van der Waals surface area contributed by atoms with Crippen LogP contribution in [0.1, 0.15) is 30.0 Å². The highest BCUT2D eigenvalue weighted by Gasteiger charge is 2.21. The molecule has 146 valence electrons. The van der Waals surface area contributed by atoms with Gasteiger partial charge in [-0.3, -0.25) is 9.69 Å². The molecule has 0 aliphatic carbocycles. The van der Waals surface area contributed by atoms with Crippen LogP contribution >= 0.6 is 11.6 Å². The Balaban J connectivity index is 1.65. The summed E-state index contributed by atoms with van der Waals surface area (Å²) in [6, 6.07) is 12.9. The largest absolute Gasteiger partial charge is 0.419 e. The summed E-state index contributed by atoms with van der Waals surface area (Å²) in [5.74, 6) is 0.743. The molecule has 0 saturated heterocycles. The standard InChI is InChI=1S/C21H23ClN4O2/c1-13-7-5-10-18(14(13)2)23-19(27)12-26(4)15(3)20-24-25-21(28-20)16-8-6-9-17(22)11-16/h5-11,15H,12H2,1-4H3,(H,23,27)/t15-/m0/s1. The van der Waals surface area contributed by atoms with E-state index in [1.807, 2.05) is 63.1 Å². The summed E-state index contributed by atoms with van der Waals surface area (Å²) < 4.78 is 5.79. The molecule has 0 unspecified atom stereocenters. The SMILES string of the molecule is Cc1cccc(NC(=O)CN(C)[C@@H](C)c2nnc(-c3cccc(Cl)c3)o2)c1C. The van der Waals surface area contributed by atoms with E-state index in [-0.39, 0.29) is 18.5 Å². The number of carbonyl (C=O) groups excluding carboxylic acids is 1. The molecule has 6 nitrogen and oxygen atoms in total. The lowest BCUT2D eigenvalue weighted by Crippen LogP contribution is -2.32. The average Bonchev–Trinajstić information content (AvgIpc) is 3.15. The zero-order valence-electron chi connectivity index (χ0n) is 16.4. The van der Waals surface area contributed by atoms with E-state index in [2.05, 4.69) is 15.5 Å². The summed E-state index contributed by atoms with van der Waals surface area (Å²) in [5, 5.41) is 11.8. The second kappa shape index (κ2) is 8.54. The van der Waals surface area contributed by atoms with E-state index in [0.717, 1.165) is 22.4 Å². The minimum atomic E-state index is -0.218. The number of nitrogens with one attached hydrogen (secondary N) is 1. The fourth-order valence-electron chi connectivity index (χ4n) is 2.77. The molecule has 0 fully saturated rings. The van der Waals surface area contributed by atoms with Crippen LogP contribution in [0.2, 0.25) is 5.02 Å². The maximum atomic E-state index is 12.5. The first-order valence-electron chi connectivity index (χ1n) is 9.01. The highest BCUT2D eigenvalue weighted by Crippen LogP contribution is 2.25. The van der Waals surface area contributed by atoms with Gasteiger partial charge in [0.05, 0.1) is 12.6 Å². The Morgan fingerprint density at radius 1 is 1.21 bits per heavy atom. The van der Waals surface area contributed by atoms with E-state index in [0.29, 0.717) is 16.8 Å². The molecule has 0 aliphatic rings. The van der Waals surface area contributed by atoms with Gasteiger partial charge in [0.1, 0.15) is 0 Å². The quantitative estimate of drug-likeness (QED) is 0.655. The van der Waals surface area contributed by atoms with Crippen molar-refractivity contribution in [3.05, 3.63) is 64.5 Å². The summed E-state index contributed by atoms with van der Waals surface area (Å²) in [6.45, 7) is 6.13. The summed E-state index contributed by atoms with van der Waals surface area (Å²) in [6.07, 6.45) is 0. The van der Waals surface area contributed by atoms with Crippen molar-refractivity contribution in [1.29, 1.82) is 0 Å². The average molecular weight is 399 g/mol. The predicted octanol–water partition coefficient (Wildman–Crippen LogP) is 4.64. The van der Waals surface area contributed by atoms with Crippen molar-refractivity contribution >= 4 is 23.2 Å². The third-order valence-corrected chi connectivity index (χ3v) is 5.04. The van der Waals surface area contributed by atoms with Crippen LogP contribution in [0.25, 0.3) is 11.5 Å². The van der Waals surface area contributed by atoms with Gasteiger partial charge in [0, 0.05) is 16.3 Å². The number of aryl methyl sites for hydroxylation is 1. The number of anilines is 1. The topological polar surface area (TPSA) is 71.3 Å². The summed E-state index contributed by atoms with van der Waals surface area (Å²) in [5.41, 5.74) is 3.79. The van der Waals surface area contributed by atoms with Crippen LogP contribution in [0.3, 0.4) is 0 Å². The summed E-state index contributed by atoms with van der Waals surface area (Å²) >= 11 is 6.02. The lowest BCUT2D eigenvalue weighted by atomic mass is 10.1. The molecule has 1 N–H and O–H groups in total. The molecule has 2 aromatic carbocycles. The van der Waals surface area contributed by atoms with Crippen LogP contribution in [0, 0.1) is 13.8 Å². The molecule has 3 aromatic rings. The van der Waals surface area contributed by atoms with Gasteiger partial charge in [-0.15, -0.1) is 10.2 Å². The van der Waals surface area contributed by atoms with Gasteiger partial charge in [-0.25, -0.2) is 0 Å². The highest BCUT2D eigenvalue weighted by molar-refractivity contribution is 6.30. The molecule has 1 heterocycles. The molecule has 0 bridgehead atoms. The zero-order chi connectivity index (χ0) is 20.3. The minimum absolute atomic E-state index is 0.0994. The molecular weight excluding hydrogens is 376 g/mol. The van der Waals surface area contributed by atoms with Crippen molar-refractivity contribution < 1.29 is 9.21 Å². The second-order valence-electron chi connectivity index (χ2n) is 6.84. The number of rotatable bonds is 6. The first-order chi connectivity index (χ1) is 13.3. The Kier molecular flexibility index (Phi) is 6.11. The van der Waals surface area contributed by atoms with E-state index >= 15 is 0 Å². The number of halogens is 1. The number of aromatic nitrogens is 2. The number of nitrogens with zero attached hydrogens (tertiary/aromatic N) is 3. The molecule has 1 aromatic heterocycles. The number of benzene rings is 2. The van der Waals surface area contributed by atoms with Gasteiger partial charge in [-0.1, -0.05) is 29.8 Å². The Labute approximate surface area is 169 Å². The molecule has 0 radical (unpaired) electrons. The van der Waals surface area contributed by atoms with Gasteiger partial charge < -0.3 is 9.73 Å². The number of hydrogen-bond donors (Lipinski definition) is 1. The number of amides is 1. The van der Waals surface area contributed by atoms with E-state index < -0.39 is 0 Å². The van der Waals surface area contributed by atoms with Crippen LogP contribution in [0.15, 0.2) is 46.9 Å². The maximum Gasteiger partial charge on any atom is 0.247 e. The van der Waals surface area contributed by atoms with E-state index in [1.165, 1.54) is 0 Å². The van der Waals surface area contributed by atoms with Crippen molar-refractivity contribution in [2.24, 2.45) is 0 Å². The fourth-order valence-corrected chi connectivity index (χ4v) is 2.96. The maximum absolute atomic E-state index is 12.5. The molecule has 7 heteroatoms. The number of likely N-dealkylation sites (N-methyl/N-ethyl adjacent to an activating group) is 1. The Hall–Kier alpha value is -2.70. The van der Waals surface area contributed by atoms with Crippen LogP contribution in [0.5, 0.6) is 0 Å². The smallest absolute Gasteiger partial charge is 0.247 e. The lowest BCUT2D eigenvalue weighted by Gasteiger charge is -2.21. The van der Waals surface area contributed by atoms with Crippen molar-refractivity contribution in [2.45, 2.75) is 26.8 Å². The van der Waals surface area contributed by atoms with Crippen molar-refractivity contribution in [1.82, 2.24) is 15.1 Å².